The Morgan fingerprint density at radius 2 is 1.54 bits per heavy atom. The van der Waals surface area contributed by atoms with Crippen LogP contribution in [0, 0.1) is 13.8 Å². The number of pyridine rings is 1. The molecule has 0 saturated carbocycles. The molecule has 130 valence electrons. The fourth-order valence-corrected chi connectivity index (χ4v) is 2.61. The first-order valence-corrected chi connectivity index (χ1v) is 8.33. The lowest BCUT2D eigenvalue weighted by Gasteiger charge is -2.18. The average Bonchev–Trinajstić information content (AvgIpc) is 2.69. The second-order valence-corrected chi connectivity index (χ2v) is 6.10. The zero-order valence-corrected chi connectivity index (χ0v) is 14.7. The summed E-state index contributed by atoms with van der Waals surface area (Å²) in [5.74, 6) is -0.805. The van der Waals surface area contributed by atoms with Gasteiger partial charge in [0, 0.05) is 23.5 Å². The van der Waals surface area contributed by atoms with Gasteiger partial charge in [0.25, 0.3) is 0 Å². The van der Waals surface area contributed by atoms with E-state index in [0.29, 0.717) is 16.7 Å². The van der Waals surface area contributed by atoms with Crippen LogP contribution in [0.2, 0.25) is 0 Å². The molecule has 1 heterocycles. The quantitative estimate of drug-likeness (QED) is 0.505. The highest BCUT2D eigenvalue weighted by molar-refractivity contribution is 6.02. The summed E-state index contributed by atoms with van der Waals surface area (Å²) in [5, 5.41) is 0. The summed E-state index contributed by atoms with van der Waals surface area (Å²) in [6.45, 7) is 3.94. The maximum Gasteiger partial charge on any atom is 0.339 e. The first-order valence-electron chi connectivity index (χ1n) is 8.33. The lowest BCUT2D eigenvalue weighted by molar-refractivity contribution is 0.0280. The van der Waals surface area contributed by atoms with Crippen LogP contribution in [0.4, 0.5) is 0 Å². The molecule has 4 nitrogen and oxygen atoms in total. The van der Waals surface area contributed by atoms with Crippen molar-refractivity contribution in [2.24, 2.45) is 0 Å². The van der Waals surface area contributed by atoms with Crippen molar-refractivity contribution >= 4 is 11.8 Å². The molecule has 0 spiro atoms. The van der Waals surface area contributed by atoms with E-state index in [2.05, 4.69) is 4.98 Å². The van der Waals surface area contributed by atoms with Crippen molar-refractivity contribution in [3.63, 3.8) is 0 Å². The molecule has 4 heteroatoms. The molecule has 3 rings (SSSR count). The van der Waals surface area contributed by atoms with Crippen LogP contribution in [0.15, 0.2) is 73.1 Å². The van der Waals surface area contributed by atoms with Crippen LogP contribution in [0.25, 0.3) is 0 Å². The third-order valence-corrected chi connectivity index (χ3v) is 4.27. The Morgan fingerprint density at radius 3 is 2.19 bits per heavy atom. The molecule has 0 fully saturated rings. The molecule has 1 atom stereocenters. The number of carbonyl (C=O) groups is 2. The minimum atomic E-state index is -1.00. The molecule has 1 aromatic heterocycles. The summed E-state index contributed by atoms with van der Waals surface area (Å²) in [4.78, 5) is 29.5. The number of hydrogen-bond acceptors (Lipinski definition) is 4. The Labute approximate surface area is 152 Å². The normalized spacial score (nSPS) is 11.6. The molecule has 0 unspecified atom stereocenters. The Kier molecular flexibility index (Phi) is 5.23. The minimum Gasteiger partial charge on any atom is -0.445 e. The van der Waals surface area contributed by atoms with Gasteiger partial charge in [-0.1, -0.05) is 42.5 Å². The lowest BCUT2D eigenvalue weighted by atomic mass is 9.97. The highest BCUT2D eigenvalue weighted by atomic mass is 16.5. The molecular weight excluding hydrogens is 326 g/mol. The molecule has 0 N–H and O–H groups in total. The van der Waals surface area contributed by atoms with E-state index < -0.39 is 12.1 Å². The van der Waals surface area contributed by atoms with E-state index in [1.165, 1.54) is 12.4 Å². The number of carbonyl (C=O) groups excluding carboxylic acids is 2. The lowest BCUT2D eigenvalue weighted by Crippen LogP contribution is -2.20. The van der Waals surface area contributed by atoms with Crippen molar-refractivity contribution in [2.45, 2.75) is 20.0 Å². The Balaban J connectivity index is 1.94. The molecule has 0 radical (unpaired) electrons. The number of rotatable bonds is 5. The average molecular weight is 345 g/mol. The van der Waals surface area contributed by atoms with Gasteiger partial charge in [-0.2, -0.15) is 0 Å². The van der Waals surface area contributed by atoms with E-state index in [1.54, 1.807) is 30.3 Å². The fraction of sp³-hybridized carbons (Fsp3) is 0.136. The third kappa shape index (κ3) is 3.86. The number of Topliss-reactive ketones (excluding diaryl/α,β-unsaturated/α-hetero) is 1. The van der Waals surface area contributed by atoms with Crippen molar-refractivity contribution in [2.75, 3.05) is 0 Å². The number of nitrogens with zero attached hydrogens (tertiary/aromatic N) is 1. The van der Waals surface area contributed by atoms with Crippen LogP contribution in [-0.4, -0.2) is 16.7 Å². The van der Waals surface area contributed by atoms with Gasteiger partial charge in [-0.05, 0) is 43.2 Å². The topological polar surface area (TPSA) is 56.3 Å². The number of esters is 1. The number of hydrogen-bond donors (Lipinski definition) is 0. The Bertz CT molecular complexity index is 921. The highest BCUT2D eigenvalue weighted by Gasteiger charge is 2.27. The van der Waals surface area contributed by atoms with Crippen LogP contribution in [0.3, 0.4) is 0 Å². The highest BCUT2D eigenvalue weighted by Crippen LogP contribution is 2.25. The van der Waals surface area contributed by atoms with Crippen molar-refractivity contribution < 1.29 is 14.3 Å². The number of ketones is 1. The Morgan fingerprint density at radius 1 is 0.846 bits per heavy atom. The molecule has 0 aliphatic heterocycles. The maximum atomic E-state index is 13.1. The van der Waals surface area contributed by atoms with Crippen LogP contribution in [0.1, 0.15) is 43.5 Å². The zero-order chi connectivity index (χ0) is 18.5. The molecule has 0 aliphatic rings. The van der Waals surface area contributed by atoms with Crippen LogP contribution < -0.4 is 0 Å². The number of aryl methyl sites for hydroxylation is 2. The molecule has 26 heavy (non-hydrogen) atoms. The van der Waals surface area contributed by atoms with Gasteiger partial charge in [0.05, 0.1) is 5.56 Å². The fourth-order valence-electron chi connectivity index (χ4n) is 2.61. The van der Waals surface area contributed by atoms with Crippen molar-refractivity contribution in [1.29, 1.82) is 0 Å². The molecule has 2 aromatic carbocycles. The summed E-state index contributed by atoms with van der Waals surface area (Å²) < 4.78 is 5.59. The molecule has 3 aromatic rings. The monoisotopic (exact) mass is 345 g/mol. The predicted octanol–water partition coefficient (Wildman–Crippen LogP) is 4.48. The molecule has 0 aliphatic carbocycles. The second-order valence-electron chi connectivity index (χ2n) is 6.10. The molecular formula is C22H19NO3. The number of ether oxygens (including phenoxy) is 1. The summed E-state index contributed by atoms with van der Waals surface area (Å²) >= 11 is 0. The van der Waals surface area contributed by atoms with Gasteiger partial charge in [-0.25, -0.2) is 4.79 Å². The zero-order valence-electron chi connectivity index (χ0n) is 14.7. The van der Waals surface area contributed by atoms with Gasteiger partial charge in [-0.15, -0.1) is 0 Å². The number of aromatic nitrogens is 1. The standard InChI is InChI=1S/C22H19NO3/c1-15-8-9-19(14-16(15)2)20(24)21(17-6-4-3-5-7-17)26-22(25)18-10-12-23-13-11-18/h3-14,21H,1-2H3/t21-/m0/s1. The third-order valence-electron chi connectivity index (χ3n) is 4.27. The van der Waals surface area contributed by atoms with Gasteiger partial charge in [0.2, 0.25) is 5.78 Å². The van der Waals surface area contributed by atoms with Gasteiger partial charge in [0.15, 0.2) is 6.10 Å². The van der Waals surface area contributed by atoms with Crippen LogP contribution in [-0.2, 0) is 4.74 Å². The summed E-state index contributed by atoms with van der Waals surface area (Å²) in [6.07, 6.45) is 2.03. The van der Waals surface area contributed by atoms with E-state index in [-0.39, 0.29) is 5.78 Å². The summed E-state index contributed by atoms with van der Waals surface area (Å²) in [6, 6.07) is 17.7. The van der Waals surface area contributed by atoms with Gasteiger partial charge in [-0.3, -0.25) is 9.78 Å². The first-order chi connectivity index (χ1) is 12.6. The molecule has 0 bridgehead atoms. The van der Waals surface area contributed by atoms with E-state index in [4.69, 9.17) is 4.74 Å². The van der Waals surface area contributed by atoms with E-state index in [1.807, 2.05) is 44.2 Å². The molecule has 0 saturated heterocycles. The van der Waals surface area contributed by atoms with Crippen molar-refractivity contribution in [3.8, 4) is 0 Å². The summed E-state index contributed by atoms with van der Waals surface area (Å²) in [7, 11) is 0. The first kappa shape index (κ1) is 17.5. The van der Waals surface area contributed by atoms with E-state index in [0.717, 1.165) is 11.1 Å². The Hall–Kier alpha value is -3.27. The number of benzene rings is 2. The second kappa shape index (κ2) is 7.74. The summed E-state index contributed by atoms with van der Waals surface area (Å²) in [5.41, 5.74) is 3.63. The maximum absolute atomic E-state index is 13.1. The van der Waals surface area contributed by atoms with Crippen molar-refractivity contribution in [1.82, 2.24) is 4.98 Å². The van der Waals surface area contributed by atoms with Crippen LogP contribution >= 0.6 is 0 Å². The predicted molar refractivity (Wildman–Crippen MR) is 99.1 cm³/mol. The van der Waals surface area contributed by atoms with Crippen LogP contribution in [0.5, 0.6) is 0 Å². The van der Waals surface area contributed by atoms with Gasteiger partial charge >= 0.3 is 5.97 Å². The van der Waals surface area contributed by atoms with E-state index in [9.17, 15) is 9.59 Å². The smallest absolute Gasteiger partial charge is 0.339 e. The SMILES string of the molecule is Cc1ccc(C(=O)[C@@H](OC(=O)c2ccncc2)c2ccccc2)cc1C. The van der Waals surface area contributed by atoms with Crippen molar-refractivity contribution in [3.05, 3.63) is 101 Å². The van der Waals surface area contributed by atoms with Gasteiger partial charge < -0.3 is 4.74 Å². The largest absolute Gasteiger partial charge is 0.445 e. The van der Waals surface area contributed by atoms with Gasteiger partial charge in [0.1, 0.15) is 0 Å². The van der Waals surface area contributed by atoms with E-state index >= 15 is 0 Å². The molecule has 0 amide bonds. The minimum absolute atomic E-state index is 0.248.